The first kappa shape index (κ1) is 22.8. The molecule has 0 amide bonds. The van der Waals surface area contributed by atoms with Crippen LogP contribution < -0.4 is 4.90 Å². The van der Waals surface area contributed by atoms with Gasteiger partial charge in [-0.05, 0) is 49.7 Å². The van der Waals surface area contributed by atoms with E-state index in [-0.39, 0.29) is 10.7 Å². The van der Waals surface area contributed by atoms with E-state index in [1.165, 1.54) is 10.4 Å². The maximum atomic E-state index is 14.3. The second-order valence-corrected chi connectivity index (χ2v) is 10.6. The fraction of sp³-hybridized carbons (Fsp3) is 0.304. The van der Waals surface area contributed by atoms with E-state index in [9.17, 15) is 12.8 Å². The summed E-state index contributed by atoms with van der Waals surface area (Å²) in [6.45, 7) is 5.42. The number of nitrogens with zero attached hydrogens (tertiary/aromatic N) is 4. The zero-order chi connectivity index (χ0) is 22.9. The molecule has 1 aromatic heterocycles. The molecule has 0 saturated carbocycles. The molecule has 0 radical (unpaired) electrons. The van der Waals surface area contributed by atoms with Crippen LogP contribution in [0, 0.1) is 19.7 Å². The van der Waals surface area contributed by atoms with Crippen LogP contribution in [0.1, 0.15) is 22.6 Å². The van der Waals surface area contributed by atoms with E-state index in [1.54, 1.807) is 36.4 Å². The molecule has 1 saturated heterocycles. The first-order valence-electron chi connectivity index (χ1n) is 10.3. The average Bonchev–Trinajstić information content (AvgIpc) is 2.77. The third kappa shape index (κ3) is 4.69. The summed E-state index contributed by atoms with van der Waals surface area (Å²) in [6, 6.07) is 13.4. The Balaban J connectivity index is 1.57. The van der Waals surface area contributed by atoms with Gasteiger partial charge in [-0.2, -0.15) is 4.31 Å². The summed E-state index contributed by atoms with van der Waals surface area (Å²) in [7, 11) is -3.56. The number of hydrogen-bond acceptors (Lipinski definition) is 5. The van der Waals surface area contributed by atoms with Gasteiger partial charge in [0.1, 0.15) is 17.5 Å². The summed E-state index contributed by atoms with van der Waals surface area (Å²) >= 11 is 3.34. The van der Waals surface area contributed by atoms with E-state index in [1.807, 2.05) is 19.9 Å². The van der Waals surface area contributed by atoms with Crippen molar-refractivity contribution in [2.75, 3.05) is 31.1 Å². The van der Waals surface area contributed by atoms with E-state index in [0.717, 1.165) is 21.5 Å². The topological polar surface area (TPSA) is 66.4 Å². The number of halogens is 2. The van der Waals surface area contributed by atoms with E-state index >= 15 is 0 Å². The van der Waals surface area contributed by atoms with E-state index in [2.05, 4.69) is 30.8 Å². The van der Waals surface area contributed by atoms with Crippen molar-refractivity contribution in [1.82, 2.24) is 14.3 Å². The third-order valence-corrected chi connectivity index (χ3v) is 8.06. The minimum Gasteiger partial charge on any atom is -0.354 e. The van der Waals surface area contributed by atoms with Gasteiger partial charge >= 0.3 is 0 Å². The fourth-order valence-corrected chi connectivity index (χ4v) is 5.60. The fourth-order valence-electron chi connectivity index (χ4n) is 3.91. The molecule has 0 N–H and O–H groups in total. The smallest absolute Gasteiger partial charge is 0.243 e. The molecule has 1 fully saturated rings. The van der Waals surface area contributed by atoms with Crippen LogP contribution in [0.3, 0.4) is 0 Å². The Morgan fingerprint density at radius 1 is 0.969 bits per heavy atom. The molecule has 32 heavy (non-hydrogen) atoms. The minimum atomic E-state index is -3.56. The number of hydrogen-bond donors (Lipinski definition) is 0. The van der Waals surface area contributed by atoms with Crippen molar-refractivity contribution in [2.24, 2.45) is 0 Å². The second kappa shape index (κ2) is 9.25. The molecule has 3 aromatic rings. The molecular weight excluding hydrogens is 495 g/mol. The Morgan fingerprint density at radius 2 is 1.62 bits per heavy atom. The summed E-state index contributed by atoms with van der Waals surface area (Å²) in [5.41, 5.74) is 2.26. The highest BCUT2D eigenvalue weighted by atomic mass is 79.9. The van der Waals surface area contributed by atoms with Gasteiger partial charge in [-0.25, -0.2) is 22.8 Å². The van der Waals surface area contributed by atoms with E-state index < -0.39 is 10.0 Å². The average molecular weight is 519 g/mol. The van der Waals surface area contributed by atoms with Gasteiger partial charge in [0.05, 0.1) is 4.90 Å². The van der Waals surface area contributed by atoms with Crippen LogP contribution in [0.25, 0.3) is 0 Å². The zero-order valence-corrected chi connectivity index (χ0v) is 20.3. The first-order chi connectivity index (χ1) is 15.3. The molecule has 2 heterocycles. The summed E-state index contributed by atoms with van der Waals surface area (Å²) in [6.07, 6.45) is 0.380. The monoisotopic (exact) mass is 518 g/mol. The number of sulfonamides is 1. The van der Waals surface area contributed by atoms with Crippen molar-refractivity contribution in [2.45, 2.75) is 25.2 Å². The van der Waals surface area contributed by atoms with Gasteiger partial charge in [0, 0.05) is 48.3 Å². The van der Waals surface area contributed by atoms with Gasteiger partial charge in [-0.3, -0.25) is 0 Å². The minimum absolute atomic E-state index is 0.260. The van der Waals surface area contributed by atoms with Gasteiger partial charge in [-0.1, -0.05) is 34.1 Å². The highest BCUT2D eigenvalue weighted by Gasteiger charge is 2.30. The zero-order valence-electron chi connectivity index (χ0n) is 17.9. The standard InChI is InChI=1S/C23H24BrFN4O2S/c1-16-21(15-18-5-3-4-6-22(18)25)23(27-17(2)26-16)28-11-13-29(14-12-28)32(30,31)20-9-7-19(24)8-10-20/h3-10H,11-15H2,1-2H3. The van der Waals surface area contributed by atoms with Crippen LogP contribution in [-0.2, 0) is 16.4 Å². The Morgan fingerprint density at radius 3 is 2.28 bits per heavy atom. The molecule has 0 unspecified atom stereocenters. The predicted octanol–water partition coefficient (Wildman–Crippen LogP) is 4.10. The maximum Gasteiger partial charge on any atom is 0.243 e. The lowest BCUT2D eigenvalue weighted by atomic mass is 10.0. The maximum absolute atomic E-state index is 14.3. The SMILES string of the molecule is Cc1nc(C)c(Cc2ccccc2F)c(N2CCN(S(=O)(=O)c3ccc(Br)cc3)CC2)n1. The Labute approximate surface area is 196 Å². The molecule has 2 aromatic carbocycles. The highest BCUT2D eigenvalue weighted by Crippen LogP contribution is 2.27. The number of piperazine rings is 1. The molecule has 168 valence electrons. The lowest BCUT2D eigenvalue weighted by Crippen LogP contribution is -2.49. The van der Waals surface area contributed by atoms with Gasteiger partial charge in [0.25, 0.3) is 0 Å². The van der Waals surface area contributed by atoms with Crippen LogP contribution in [0.15, 0.2) is 57.9 Å². The quantitative estimate of drug-likeness (QED) is 0.508. The van der Waals surface area contributed by atoms with Gasteiger partial charge in [-0.15, -0.1) is 0 Å². The summed E-state index contributed by atoms with van der Waals surface area (Å²) in [4.78, 5) is 11.5. The molecule has 4 rings (SSSR count). The van der Waals surface area contributed by atoms with Crippen molar-refractivity contribution in [3.63, 3.8) is 0 Å². The van der Waals surface area contributed by atoms with Gasteiger partial charge < -0.3 is 4.90 Å². The van der Waals surface area contributed by atoms with Crippen molar-refractivity contribution in [3.05, 3.63) is 81.5 Å². The van der Waals surface area contributed by atoms with E-state index in [0.29, 0.717) is 44.0 Å². The number of aryl methyl sites for hydroxylation is 2. The van der Waals surface area contributed by atoms with Crippen LogP contribution in [0.5, 0.6) is 0 Å². The molecule has 1 aliphatic heterocycles. The predicted molar refractivity (Wildman–Crippen MR) is 126 cm³/mol. The van der Waals surface area contributed by atoms with Crippen molar-refractivity contribution in [3.8, 4) is 0 Å². The molecule has 6 nitrogen and oxygen atoms in total. The second-order valence-electron chi connectivity index (χ2n) is 7.77. The molecule has 0 bridgehead atoms. The number of anilines is 1. The normalized spacial score (nSPS) is 15.2. The van der Waals surface area contributed by atoms with Crippen molar-refractivity contribution >= 4 is 31.8 Å². The van der Waals surface area contributed by atoms with Crippen molar-refractivity contribution in [1.29, 1.82) is 0 Å². The lowest BCUT2D eigenvalue weighted by Gasteiger charge is -2.36. The Hall–Kier alpha value is -2.36. The molecule has 0 spiro atoms. The van der Waals surface area contributed by atoms with Crippen molar-refractivity contribution < 1.29 is 12.8 Å². The Bertz CT molecular complexity index is 1230. The molecule has 0 atom stereocenters. The molecular formula is C23H24BrFN4O2S. The van der Waals surface area contributed by atoms with Crippen LogP contribution >= 0.6 is 15.9 Å². The van der Waals surface area contributed by atoms with Crippen LogP contribution in [0.4, 0.5) is 10.2 Å². The largest absolute Gasteiger partial charge is 0.354 e. The molecule has 9 heteroatoms. The van der Waals surface area contributed by atoms with Gasteiger partial charge in [0.2, 0.25) is 10.0 Å². The summed E-state index contributed by atoms with van der Waals surface area (Å²) < 4.78 is 42.7. The summed E-state index contributed by atoms with van der Waals surface area (Å²) in [5.74, 6) is 1.13. The number of rotatable bonds is 5. The highest BCUT2D eigenvalue weighted by molar-refractivity contribution is 9.10. The number of aromatic nitrogens is 2. The van der Waals surface area contributed by atoms with E-state index in [4.69, 9.17) is 0 Å². The first-order valence-corrected chi connectivity index (χ1v) is 12.6. The molecule has 0 aliphatic carbocycles. The van der Waals surface area contributed by atoms with Gasteiger partial charge in [0.15, 0.2) is 0 Å². The lowest BCUT2D eigenvalue weighted by molar-refractivity contribution is 0.383. The Kier molecular flexibility index (Phi) is 6.60. The third-order valence-electron chi connectivity index (χ3n) is 5.62. The number of benzene rings is 2. The summed E-state index contributed by atoms with van der Waals surface area (Å²) in [5, 5.41) is 0. The van der Waals surface area contributed by atoms with Crippen LogP contribution in [-0.4, -0.2) is 48.9 Å². The van der Waals surface area contributed by atoms with Crippen LogP contribution in [0.2, 0.25) is 0 Å². The molecule has 1 aliphatic rings.